The molecule has 1 aromatic carbocycles. The molecule has 0 aliphatic heterocycles. The van der Waals surface area contributed by atoms with Crippen LogP contribution in [0.2, 0.25) is 0 Å². The Morgan fingerprint density at radius 3 is 2.71 bits per heavy atom. The predicted molar refractivity (Wildman–Crippen MR) is 78.9 cm³/mol. The summed E-state index contributed by atoms with van der Waals surface area (Å²) in [5.74, 6) is -0.709. The van der Waals surface area contributed by atoms with E-state index in [1.807, 2.05) is 6.92 Å². The number of carboxylic acid groups (broad SMARTS) is 1. The molecule has 0 bridgehead atoms. The second-order valence-corrected chi connectivity index (χ2v) is 4.95. The molecule has 0 saturated heterocycles. The van der Waals surface area contributed by atoms with Crippen LogP contribution >= 0.6 is 0 Å². The van der Waals surface area contributed by atoms with Crippen LogP contribution in [0.3, 0.4) is 0 Å². The van der Waals surface area contributed by atoms with E-state index in [0.29, 0.717) is 31.5 Å². The second kappa shape index (κ2) is 9.00. The number of carbonyl (C=O) groups is 2. The molecule has 0 fully saturated rings. The molecule has 1 rings (SSSR count). The highest BCUT2D eigenvalue weighted by atomic mass is 16.5. The first kappa shape index (κ1) is 17.0. The number of rotatable bonds is 10. The number of unbranched alkanes of at least 4 members (excludes halogenated alkanes) is 2. The lowest BCUT2D eigenvalue weighted by Gasteiger charge is -2.10. The summed E-state index contributed by atoms with van der Waals surface area (Å²) in [6, 6.07) is 4.70. The Hall–Kier alpha value is -2.04. The molecular formula is C16H22O5. The Labute approximate surface area is 124 Å². The van der Waals surface area contributed by atoms with Crippen molar-refractivity contribution in [2.45, 2.75) is 39.0 Å². The van der Waals surface area contributed by atoms with E-state index in [9.17, 15) is 14.7 Å². The number of aldehydes is 1. The van der Waals surface area contributed by atoms with E-state index in [1.165, 1.54) is 6.07 Å². The minimum absolute atomic E-state index is 0.0882. The molecule has 1 aromatic rings. The van der Waals surface area contributed by atoms with Gasteiger partial charge in [-0.05, 0) is 31.4 Å². The van der Waals surface area contributed by atoms with E-state index in [-0.39, 0.29) is 17.2 Å². The van der Waals surface area contributed by atoms with Gasteiger partial charge in [0.25, 0.3) is 0 Å². The summed E-state index contributed by atoms with van der Waals surface area (Å²) in [6.07, 6.45) is 4.40. The number of phenolic OH excluding ortho intramolecular Hbond substituents is 1. The number of carbonyl (C=O) groups excluding carboxylic acids is 1. The van der Waals surface area contributed by atoms with Crippen LogP contribution in [-0.2, 0) is 4.79 Å². The number of benzene rings is 1. The minimum Gasteiger partial charge on any atom is -0.507 e. The number of aliphatic carboxylic acids is 1. The molecule has 0 aliphatic carbocycles. The van der Waals surface area contributed by atoms with E-state index >= 15 is 0 Å². The van der Waals surface area contributed by atoms with E-state index in [0.717, 1.165) is 19.3 Å². The smallest absolute Gasteiger partial charge is 0.306 e. The number of hydrogen-bond donors (Lipinski definition) is 2. The van der Waals surface area contributed by atoms with Gasteiger partial charge < -0.3 is 14.9 Å². The van der Waals surface area contributed by atoms with Crippen LogP contribution in [0.1, 0.15) is 49.4 Å². The molecule has 5 nitrogen and oxygen atoms in total. The number of hydrogen-bond acceptors (Lipinski definition) is 4. The Kier molecular flexibility index (Phi) is 7.29. The fraction of sp³-hybridized carbons (Fsp3) is 0.500. The van der Waals surface area contributed by atoms with Crippen molar-refractivity contribution in [3.8, 4) is 11.5 Å². The highest BCUT2D eigenvalue weighted by Gasteiger charge is 2.13. The lowest BCUT2D eigenvalue weighted by atomic mass is 9.99. The standard InChI is InChI=1S/C16H22O5/c1-2-12(16(19)20)7-4-3-5-10-21-15-9-6-8-14(18)13(15)11-17/h6,8-9,11-12,18H,2-5,7,10H2,1H3,(H,19,20). The van der Waals surface area contributed by atoms with Crippen molar-refractivity contribution in [1.29, 1.82) is 0 Å². The first-order valence-corrected chi connectivity index (χ1v) is 7.22. The number of aromatic hydroxyl groups is 1. The zero-order chi connectivity index (χ0) is 15.7. The van der Waals surface area contributed by atoms with Gasteiger partial charge >= 0.3 is 5.97 Å². The number of ether oxygens (including phenoxy) is 1. The Morgan fingerprint density at radius 1 is 1.33 bits per heavy atom. The lowest BCUT2D eigenvalue weighted by Crippen LogP contribution is -2.12. The van der Waals surface area contributed by atoms with Crippen molar-refractivity contribution in [2.24, 2.45) is 5.92 Å². The van der Waals surface area contributed by atoms with Crippen molar-refractivity contribution < 1.29 is 24.5 Å². The van der Waals surface area contributed by atoms with Crippen molar-refractivity contribution >= 4 is 12.3 Å². The van der Waals surface area contributed by atoms with Gasteiger partial charge in [0, 0.05) is 0 Å². The maximum Gasteiger partial charge on any atom is 0.306 e. The highest BCUT2D eigenvalue weighted by Crippen LogP contribution is 2.25. The molecule has 1 atom stereocenters. The second-order valence-electron chi connectivity index (χ2n) is 4.95. The lowest BCUT2D eigenvalue weighted by molar-refractivity contribution is -0.142. The van der Waals surface area contributed by atoms with E-state index < -0.39 is 5.97 Å². The maximum atomic E-state index is 10.9. The third kappa shape index (κ3) is 5.45. The monoisotopic (exact) mass is 294 g/mol. The summed E-state index contributed by atoms with van der Waals surface area (Å²) in [6.45, 7) is 2.32. The maximum absolute atomic E-state index is 10.9. The number of phenols is 1. The van der Waals surface area contributed by atoms with Crippen LogP contribution in [0.15, 0.2) is 18.2 Å². The van der Waals surface area contributed by atoms with Gasteiger partial charge in [-0.25, -0.2) is 0 Å². The summed E-state index contributed by atoms with van der Waals surface area (Å²) in [7, 11) is 0. The molecule has 0 aromatic heterocycles. The average molecular weight is 294 g/mol. The molecule has 0 radical (unpaired) electrons. The van der Waals surface area contributed by atoms with Crippen molar-refractivity contribution in [3.63, 3.8) is 0 Å². The van der Waals surface area contributed by atoms with Gasteiger partial charge in [-0.15, -0.1) is 0 Å². The minimum atomic E-state index is -0.732. The highest BCUT2D eigenvalue weighted by molar-refractivity contribution is 5.83. The summed E-state index contributed by atoms with van der Waals surface area (Å²) < 4.78 is 5.48. The Bertz CT molecular complexity index is 470. The van der Waals surface area contributed by atoms with Crippen LogP contribution < -0.4 is 4.74 Å². The molecule has 21 heavy (non-hydrogen) atoms. The molecule has 0 aliphatic rings. The molecule has 0 spiro atoms. The molecular weight excluding hydrogens is 272 g/mol. The van der Waals surface area contributed by atoms with E-state index in [4.69, 9.17) is 9.84 Å². The zero-order valence-electron chi connectivity index (χ0n) is 12.2. The van der Waals surface area contributed by atoms with E-state index in [2.05, 4.69) is 0 Å². The molecule has 1 unspecified atom stereocenters. The van der Waals surface area contributed by atoms with E-state index in [1.54, 1.807) is 12.1 Å². The summed E-state index contributed by atoms with van der Waals surface area (Å²) >= 11 is 0. The van der Waals surface area contributed by atoms with Crippen LogP contribution in [0, 0.1) is 5.92 Å². The van der Waals surface area contributed by atoms with Crippen molar-refractivity contribution in [2.75, 3.05) is 6.61 Å². The average Bonchev–Trinajstić information content (AvgIpc) is 2.46. The van der Waals surface area contributed by atoms with Crippen molar-refractivity contribution in [3.05, 3.63) is 23.8 Å². The van der Waals surface area contributed by atoms with Crippen LogP contribution in [-0.4, -0.2) is 29.1 Å². The van der Waals surface area contributed by atoms with Gasteiger partial charge in [-0.2, -0.15) is 0 Å². The summed E-state index contributed by atoms with van der Waals surface area (Å²) in [5.41, 5.74) is 0.162. The summed E-state index contributed by atoms with van der Waals surface area (Å²) in [4.78, 5) is 21.7. The van der Waals surface area contributed by atoms with Gasteiger partial charge in [-0.3, -0.25) is 9.59 Å². The van der Waals surface area contributed by atoms with Gasteiger partial charge in [-0.1, -0.05) is 25.8 Å². The Balaban J connectivity index is 2.28. The molecule has 0 heterocycles. The quantitative estimate of drug-likeness (QED) is 0.511. The summed E-state index contributed by atoms with van der Waals surface area (Å²) in [5, 5.41) is 18.4. The molecule has 0 saturated carbocycles. The molecule has 0 amide bonds. The number of carboxylic acids is 1. The van der Waals surface area contributed by atoms with Gasteiger partial charge in [0.15, 0.2) is 6.29 Å². The van der Waals surface area contributed by atoms with Gasteiger partial charge in [0.1, 0.15) is 11.5 Å². The fourth-order valence-electron chi connectivity index (χ4n) is 2.13. The largest absolute Gasteiger partial charge is 0.507 e. The van der Waals surface area contributed by atoms with Gasteiger partial charge in [0.05, 0.1) is 18.1 Å². The SMILES string of the molecule is CCC(CCCCCOc1cccc(O)c1C=O)C(=O)O. The molecule has 116 valence electrons. The molecule has 5 heteroatoms. The topological polar surface area (TPSA) is 83.8 Å². The first-order valence-electron chi connectivity index (χ1n) is 7.22. The van der Waals surface area contributed by atoms with Crippen LogP contribution in [0.25, 0.3) is 0 Å². The Morgan fingerprint density at radius 2 is 2.10 bits per heavy atom. The first-order chi connectivity index (χ1) is 10.1. The van der Waals surface area contributed by atoms with Crippen molar-refractivity contribution in [1.82, 2.24) is 0 Å². The van der Waals surface area contributed by atoms with Gasteiger partial charge in [0.2, 0.25) is 0 Å². The molecule has 2 N–H and O–H groups in total. The normalized spacial score (nSPS) is 11.9. The third-order valence-electron chi connectivity index (χ3n) is 3.46. The van der Waals surface area contributed by atoms with Crippen LogP contribution in [0.4, 0.5) is 0 Å². The third-order valence-corrected chi connectivity index (χ3v) is 3.46. The zero-order valence-corrected chi connectivity index (χ0v) is 12.2. The predicted octanol–water partition coefficient (Wildman–Crippen LogP) is 3.25. The fourth-order valence-corrected chi connectivity index (χ4v) is 2.13. The van der Waals surface area contributed by atoms with Crippen LogP contribution in [0.5, 0.6) is 11.5 Å².